The maximum atomic E-state index is 12.5. The van der Waals surface area contributed by atoms with Crippen molar-refractivity contribution in [3.8, 4) is 5.75 Å². The molecule has 1 atom stereocenters. The van der Waals surface area contributed by atoms with Crippen molar-refractivity contribution in [3.63, 3.8) is 0 Å². The highest BCUT2D eigenvalue weighted by Gasteiger charge is 2.27. The molecule has 2 heterocycles. The highest BCUT2D eigenvalue weighted by molar-refractivity contribution is 5.99. The molecule has 0 aromatic heterocycles. The minimum Gasteiger partial charge on any atom is -0.488 e. The zero-order valence-corrected chi connectivity index (χ0v) is 11.1. The Hall–Kier alpha value is -1.81. The molecule has 100 valence electrons. The molecule has 0 radical (unpaired) electrons. The van der Waals surface area contributed by atoms with E-state index in [1.54, 1.807) is 0 Å². The van der Waals surface area contributed by atoms with Crippen LogP contribution in [0.5, 0.6) is 5.75 Å². The van der Waals surface area contributed by atoms with E-state index in [-0.39, 0.29) is 11.9 Å². The predicted molar refractivity (Wildman–Crippen MR) is 74.0 cm³/mol. The van der Waals surface area contributed by atoms with Crippen LogP contribution in [-0.2, 0) is 4.79 Å². The van der Waals surface area contributed by atoms with E-state index >= 15 is 0 Å². The van der Waals surface area contributed by atoms with E-state index in [2.05, 4.69) is 12.2 Å². The van der Waals surface area contributed by atoms with Gasteiger partial charge in [-0.25, -0.2) is 0 Å². The van der Waals surface area contributed by atoms with Gasteiger partial charge >= 0.3 is 0 Å². The Kier molecular flexibility index (Phi) is 3.25. The molecule has 4 heteroatoms. The first kappa shape index (κ1) is 12.2. The molecule has 0 aliphatic carbocycles. The van der Waals surface area contributed by atoms with E-state index in [0.717, 1.165) is 36.5 Å². The Bertz CT molecular complexity index is 525. The summed E-state index contributed by atoms with van der Waals surface area (Å²) in [6.45, 7) is 4.92. The number of hydrogen-bond acceptors (Lipinski definition) is 3. The average molecular weight is 258 g/mol. The number of fused-ring (bicyclic) bond motifs is 1. The van der Waals surface area contributed by atoms with Gasteiger partial charge in [0.1, 0.15) is 12.4 Å². The van der Waals surface area contributed by atoms with Crippen molar-refractivity contribution < 1.29 is 9.53 Å². The number of ether oxygens (including phenoxy) is 1. The van der Waals surface area contributed by atoms with Gasteiger partial charge in [-0.3, -0.25) is 4.79 Å². The summed E-state index contributed by atoms with van der Waals surface area (Å²) in [5.74, 6) is 0.955. The van der Waals surface area contributed by atoms with Crippen LogP contribution in [-0.4, -0.2) is 43.1 Å². The Morgan fingerprint density at radius 2 is 2.26 bits per heavy atom. The summed E-state index contributed by atoms with van der Waals surface area (Å²) in [5, 5.41) is 3.29. The molecule has 1 N–H and O–H groups in total. The van der Waals surface area contributed by atoms with Crippen LogP contribution >= 0.6 is 0 Å². The summed E-state index contributed by atoms with van der Waals surface area (Å²) in [6, 6.07) is 8.04. The van der Waals surface area contributed by atoms with Gasteiger partial charge in [0.25, 0.3) is 5.91 Å². The van der Waals surface area contributed by atoms with Crippen LogP contribution in [0.1, 0.15) is 12.5 Å². The van der Waals surface area contributed by atoms with E-state index in [4.69, 9.17) is 4.74 Å². The fourth-order valence-electron chi connectivity index (χ4n) is 2.57. The van der Waals surface area contributed by atoms with Crippen molar-refractivity contribution in [1.29, 1.82) is 0 Å². The van der Waals surface area contributed by atoms with Crippen molar-refractivity contribution in [3.05, 3.63) is 35.4 Å². The lowest BCUT2D eigenvalue weighted by atomic mass is 10.1. The lowest BCUT2D eigenvalue weighted by Crippen LogP contribution is -2.53. The van der Waals surface area contributed by atoms with Crippen molar-refractivity contribution in [1.82, 2.24) is 10.2 Å². The van der Waals surface area contributed by atoms with E-state index in [9.17, 15) is 4.79 Å². The van der Waals surface area contributed by atoms with Crippen LogP contribution in [0, 0.1) is 0 Å². The molecule has 0 unspecified atom stereocenters. The van der Waals surface area contributed by atoms with Gasteiger partial charge in [-0.1, -0.05) is 18.2 Å². The second kappa shape index (κ2) is 5.05. The zero-order valence-electron chi connectivity index (χ0n) is 11.1. The summed E-state index contributed by atoms with van der Waals surface area (Å²) in [7, 11) is 0. The standard InChI is InChI=1S/C15H18N2O2/c1-11-9-16-6-7-17(11)15(18)13-8-12-4-2-3-5-14(12)19-10-13/h2-5,8,11,16H,6-7,9-10H2,1H3/t11-/m0/s1. The number of nitrogens with one attached hydrogen (secondary N) is 1. The van der Waals surface area contributed by atoms with Gasteiger partial charge in [-0.2, -0.15) is 0 Å². The first-order valence-corrected chi connectivity index (χ1v) is 6.70. The molecular weight excluding hydrogens is 240 g/mol. The quantitative estimate of drug-likeness (QED) is 0.825. The molecule has 0 spiro atoms. The normalized spacial score (nSPS) is 22.3. The SMILES string of the molecule is C[C@H]1CNCCN1C(=O)C1=Cc2ccccc2OC1. The van der Waals surface area contributed by atoms with E-state index < -0.39 is 0 Å². The number of rotatable bonds is 1. The van der Waals surface area contributed by atoms with Gasteiger partial charge in [0.05, 0.1) is 5.57 Å². The summed E-state index contributed by atoms with van der Waals surface area (Å²) in [6.07, 6.45) is 1.95. The van der Waals surface area contributed by atoms with Gasteiger partial charge < -0.3 is 15.0 Å². The van der Waals surface area contributed by atoms with Crippen molar-refractivity contribution >= 4 is 12.0 Å². The van der Waals surface area contributed by atoms with E-state index in [1.165, 1.54) is 0 Å². The minimum absolute atomic E-state index is 0.100. The molecule has 3 rings (SSSR count). The number of nitrogens with zero attached hydrogens (tertiary/aromatic N) is 1. The van der Waals surface area contributed by atoms with Gasteiger partial charge in [0.15, 0.2) is 0 Å². The Balaban J connectivity index is 1.83. The molecular formula is C15H18N2O2. The molecule has 1 amide bonds. The predicted octanol–water partition coefficient (Wildman–Crippen LogP) is 1.28. The maximum absolute atomic E-state index is 12.5. The average Bonchev–Trinajstić information content (AvgIpc) is 2.46. The lowest BCUT2D eigenvalue weighted by molar-refractivity contribution is -0.130. The fourth-order valence-corrected chi connectivity index (χ4v) is 2.57. The van der Waals surface area contributed by atoms with Crippen LogP contribution in [0.4, 0.5) is 0 Å². The summed E-state index contributed by atoms with van der Waals surface area (Å²) in [4.78, 5) is 14.5. The highest BCUT2D eigenvalue weighted by Crippen LogP contribution is 2.26. The van der Waals surface area contributed by atoms with E-state index in [0.29, 0.717) is 6.61 Å². The van der Waals surface area contributed by atoms with Crippen molar-refractivity contribution in [2.75, 3.05) is 26.2 Å². The smallest absolute Gasteiger partial charge is 0.253 e. The number of carbonyl (C=O) groups is 1. The van der Waals surface area contributed by atoms with Crippen LogP contribution in [0.15, 0.2) is 29.8 Å². The molecule has 0 saturated carbocycles. The fraction of sp³-hybridized carbons (Fsp3) is 0.400. The number of carbonyl (C=O) groups excluding carboxylic acids is 1. The van der Waals surface area contributed by atoms with Gasteiger partial charge in [-0.15, -0.1) is 0 Å². The third-order valence-corrected chi connectivity index (χ3v) is 3.67. The number of amides is 1. The molecule has 1 fully saturated rings. The first-order chi connectivity index (χ1) is 9.25. The lowest BCUT2D eigenvalue weighted by Gasteiger charge is -2.35. The molecule has 2 aliphatic rings. The summed E-state index contributed by atoms with van der Waals surface area (Å²) < 4.78 is 5.65. The summed E-state index contributed by atoms with van der Waals surface area (Å²) >= 11 is 0. The largest absolute Gasteiger partial charge is 0.488 e. The monoisotopic (exact) mass is 258 g/mol. The van der Waals surface area contributed by atoms with Crippen molar-refractivity contribution in [2.45, 2.75) is 13.0 Å². The molecule has 1 saturated heterocycles. The zero-order chi connectivity index (χ0) is 13.2. The summed E-state index contributed by atoms with van der Waals surface area (Å²) in [5.41, 5.74) is 1.73. The molecule has 1 aromatic carbocycles. The molecule has 4 nitrogen and oxygen atoms in total. The van der Waals surface area contributed by atoms with Crippen LogP contribution in [0.3, 0.4) is 0 Å². The number of benzene rings is 1. The number of piperazine rings is 1. The van der Waals surface area contributed by atoms with Crippen LogP contribution in [0.2, 0.25) is 0 Å². The van der Waals surface area contributed by atoms with Crippen LogP contribution < -0.4 is 10.1 Å². The number of hydrogen-bond donors (Lipinski definition) is 1. The Morgan fingerprint density at radius 1 is 1.42 bits per heavy atom. The van der Waals surface area contributed by atoms with E-state index in [1.807, 2.05) is 35.2 Å². The Morgan fingerprint density at radius 3 is 3.11 bits per heavy atom. The first-order valence-electron chi connectivity index (χ1n) is 6.70. The second-order valence-electron chi connectivity index (χ2n) is 5.05. The third-order valence-electron chi connectivity index (χ3n) is 3.67. The minimum atomic E-state index is 0.100. The van der Waals surface area contributed by atoms with Crippen molar-refractivity contribution in [2.24, 2.45) is 0 Å². The van der Waals surface area contributed by atoms with Gasteiger partial charge in [0.2, 0.25) is 0 Å². The van der Waals surface area contributed by atoms with Gasteiger partial charge in [0, 0.05) is 31.2 Å². The van der Waals surface area contributed by atoms with Crippen LogP contribution in [0.25, 0.3) is 6.08 Å². The maximum Gasteiger partial charge on any atom is 0.253 e. The molecule has 0 bridgehead atoms. The molecule has 19 heavy (non-hydrogen) atoms. The third kappa shape index (κ3) is 2.36. The topological polar surface area (TPSA) is 41.6 Å². The highest BCUT2D eigenvalue weighted by atomic mass is 16.5. The number of para-hydroxylation sites is 1. The second-order valence-corrected chi connectivity index (χ2v) is 5.05. The molecule has 2 aliphatic heterocycles. The molecule has 1 aromatic rings. The Labute approximate surface area is 113 Å². The van der Waals surface area contributed by atoms with Gasteiger partial charge in [-0.05, 0) is 19.1 Å².